The number of allylic oxidation sites excluding steroid dienone is 1. The molecule has 0 amide bonds. The topological polar surface area (TPSA) is 43.4 Å². The van der Waals surface area contributed by atoms with Gasteiger partial charge in [0.2, 0.25) is 0 Å². The summed E-state index contributed by atoms with van der Waals surface area (Å²) in [5, 5.41) is -0.279. The van der Waals surface area contributed by atoms with Gasteiger partial charge in [-0.1, -0.05) is 32.0 Å². The van der Waals surface area contributed by atoms with Gasteiger partial charge in [-0.3, -0.25) is 9.59 Å². The van der Waals surface area contributed by atoms with Crippen LogP contribution in [0.2, 0.25) is 5.02 Å². The van der Waals surface area contributed by atoms with Crippen LogP contribution < -0.4 is 4.74 Å². The molecule has 20 heavy (non-hydrogen) atoms. The van der Waals surface area contributed by atoms with Crippen molar-refractivity contribution in [1.82, 2.24) is 0 Å². The van der Waals surface area contributed by atoms with Gasteiger partial charge in [-0.15, -0.1) is 0 Å². The summed E-state index contributed by atoms with van der Waals surface area (Å²) in [5.41, 5.74) is 1.74. The van der Waals surface area contributed by atoms with Crippen LogP contribution in [0.3, 0.4) is 0 Å². The van der Waals surface area contributed by atoms with E-state index in [2.05, 4.69) is 6.58 Å². The summed E-state index contributed by atoms with van der Waals surface area (Å²) in [6, 6.07) is 3.21. The molecule has 1 aromatic rings. The van der Waals surface area contributed by atoms with Crippen LogP contribution in [-0.4, -0.2) is 17.6 Å². The van der Waals surface area contributed by atoms with Gasteiger partial charge in [0, 0.05) is 5.56 Å². The molecule has 1 rings (SSSR count). The van der Waals surface area contributed by atoms with E-state index < -0.39 is 5.24 Å². The molecule has 0 radical (unpaired) electrons. The van der Waals surface area contributed by atoms with E-state index in [-0.39, 0.29) is 12.4 Å². The molecule has 0 aliphatic rings. The maximum absolute atomic E-state index is 12.2. The van der Waals surface area contributed by atoms with Crippen molar-refractivity contribution in [2.45, 2.75) is 26.7 Å². The zero-order valence-corrected chi connectivity index (χ0v) is 13.0. The molecule has 108 valence electrons. The van der Waals surface area contributed by atoms with Crippen molar-refractivity contribution in [2.24, 2.45) is 0 Å². The van der Waals surface area contributed by atoms with E-state index in [4.69, 9.17) is 27.9 Å². The second-order valence-corrected chi connectivity index (χ2v) is 4.99. The lowest BCUT2D eigenvalue weighted by Gasteiger charge is -2.13. The number of carbonyl (C=O) groups is 2. The summed E-state index contributed by atoms with van der Waals surface area (Å²) in [5.74, 6) is 0.224. The number of carbonyl (C=O) groups excluding carboxylic acids is 2. The molecule has 0 aliphatic heterocycles. The summed E-state index contributed by atoms with van der Waals surface area (Å²) in [7, 11) is 0. The zero-order valence-electron chi connectivity index (χ0n) is 11.5. The van der Waals surface area contributed by atoms with Gasteiger partial charge < -0.3 is 4.74 Å². The van der Waals surface area contributed by atoms with E-state index in [0.29, 0.717) is 40.3 Å². The molecule has 1 aromatic carbocycles. The molecule has 0 unspecified atom stereocenters. The zero-order chi connectivity index (χ0) is 15.3. The van der Waals surface area contributed by atoms with Crippen LogP contribution in [-0.2, 0) is 11.2 Å². The molecule has 0 saturated heterocycles. The largest absolute Gasteiger partial charge is 0.483 e. The Balaban J connectivity index is 3.17. The monoisotopic (exact) mass is 314 g/mol. The smallest absolute Gasteiger partial charge is 0.259 e. The molecule has 0 heterocycles. The van der Waals surface area contributed by atoms with E-state index in [9.17, 15) is 9.59 Å². The van der Waals surface area contributed by atoms with Gasteiger partial charge in [-0.2, -0.15) is 0 Å². The Hall–Kier alpha value is -1.32. The van der Waals surface area contributed by atoms with E-state index >= 15 is 0 Å². The van der Waals surface area contributed by atoms with Crippen molar-refractivity contribution < 1.29 is 14.3 Å². The molecular formula is C15H16Cl2O3. The third-order valence-electron chi connectivity index (χ3n) is 2.89. The van der Waals surface area contributed by atoms with Crippen molar-refractivity contribution in [2.75, 3.05) is 6.61 Å². The van der Waals surface area contributed by atoms with Gasteiger partial charge in [0.1, 0.15) is 5.75 Å². The Bertz CT molecular complexity index is 550. The first kappa shape index (κ1) is 16.7. The Kier molecular flexibility index (Phi) is 6.24. The molecule has 0 aliphatic carbocycles. The second kappa shape index (κ2) is 7.46. The number of hydrogen-bond acceptors (Lipinski definition) is 3. The van der Waals surface area contributed by atoms with Crippen molar-refractivity contribution in [3.8, 4) is 5.75 Å². The van der Waals surface area contributed by atoms with Crippen molar-refractivity contribution in [3.05, 3.63) is 40.4 Å². The fourth-order valence-electron chi connectivity index (χ4n) is 1.76. The van der Waals surface area contributed by atoms with Gasteiger partial charge in [-0.25, -0.2) is 0 Å². The Morgan fingerprint density at radius 1 is 1.30 bits per heavy atom. The molecule has 0 spiro atoms. The van der Waals surface area contributed by atoms with E-state index in [1.54, 1.807) is 12.1 Å². The van der Waals surface area contributed by atoms with Gasteiger partial charge in [0.05, 0.1) is 5.02 Å². The lowest BCUT2D eigenvalue weighted by atomic mass is 9.96. The molecule has 0 bridgehead atoms. The van der Waals surface area contributed by atoms with Crippen LogP contribution in [0.15, 0.2) is 24.3 Å². The fourth-order valence-corrected chi connectivity index (χ4v) is 2.16. The van der Waals surface area contributed by atoms with Gasteiger partial charge in [0.25, 0.3) is 5.24 Å². The average molecular weight is 315 g/mol. The van der Waals surface area contributed by atoms with Gasteiger partial charge >= 0.3 is 0 Å². The molecular weight excluding hydrogens is 299 g/mol. The SMILES string of the molecule is C=C(CC)C(=O)c1ccc(OCC(=O)Cl)c(Cl)c1CC. The Labute approximate surface area is 128 Å². The lowest BCUT2D eigenvalue weighted by molar-refractivity contribution is -0.113. The number of ether oxygens (including phenoxy) is 1. The van der Waals surface area contributed by atoms with Crippen molar-refractivity contribution in [1.29, 1.82) is 0 Å². The third kappa shape index (κ3) is 3.84. The molecule has 3 nitrogen and oxygen atoms in total. The highest BCUT2D eigenvalue weighted by atomic mass is 35.5. The van der Waals surface area contributed by atoms with Crippen LogP contribution >= 0.6 is 23.2 Å². The number of ketones is 1. The highest BCUT2D eigenvalue weighted by Gasteiger charge is 2.18. The number of benzene rings is 1. The predicted octanol–water partition coefficient (Wildman–Crippen LogP) is 4.20. The van der Waals surface area contributed by atoms with Crippen molar-refractivity contribution in [3.63, 3.8) is 0 Å². The summed E-state index contributed by atoms with van der Waals surface area (Å²) < 4.78 is 5.22. The standard InChI is InChI=1S/C15H16Cl2O3/c1-4-9(3)15(19)11-6-7-12(20-8-13(16)18)14(17)10(11)5-2/h6-7H,3-5,8H2,1-2H3. The van der Waals surface area contributed by atoms with Crippen molar-refractivity contribution >= 4 is 34.2 Å². The molecule has 0 atom stereocenters. The minimum absolute atomic E-state index is 0.119. The number of Topliss-reactive ketones (excluding diaryl/α,β-unsaturated/α-hetero) is 1. The molecule has 0 saturated carbocycles. The lowest BCUT2D eigenvalue weighted by Crippen LogP contribution is -2.09. The molecule has 5 heteroatoms. The predicted molar refractivity (Wildman–Crippen MR) is 80.9 cm³/mol. The average Bonchev–Trinajstić information content (AvgIpc) is 2.43. The Morgan fingerprint density at radius 3 is 2.45 bits per heavy atom. The van der Waals surface area contributed by atoms with Crippen LogP contribution in [0, 0.1) is 0 Å². The first-order chi connectivity index (χ1) is 9.42. The first-order valence-corrected chi connectivity index (χ1v) is 7.02. The minimum atomic E-state index is -0.612. The van der Waals surface area contributed by atoms with Crippen LogP contribution in [0.4, 0.5) is 0 Å². The normalized spacial score (nSPS) is 10.2. The maximum atomic E-state index is 12.2. The first-order valence-electron chi connectivity index (χ1n) is 6.27. The van der Waals surface area contributed by atoms with Gasteiger partial charge in [-0.05, 0) is 47.7 Å². The maximum Gasteiger partial charge on any atom is 0.259 e. The molecule has 0 aromatic heterocycles. The van der Waals surface area contributed by atoms with E-state index in [1.807, 2.05) is 13.8 Å². The van der Waals surface area contributed by atoms with E-state index in [1.165, 1.54) is 0 Å². The number of halogens is 2. The summed E-state index contributed by atoms with van der Waals surface area (Å²) in [6.07, 6.45) is 1.15. The quantitative estimate of drug-likeness (QED) is 0.430. The van der Waals surface area contributed by atoms with Crippen LogP contribution in [0.5, 0.6) is 5.75 Å². The summed E-state index contributed by atoms with van der Waals surface area (Å²) in [6.45, 7) is 7.25. The third-order valence-corrected chi connectivity index (χ3v) is 3.42. The summed E-state index contributed by atoms with van der Waals surface area (Å²) >= 11 is 11.5. The number of hydrogen-bond donors (Lipinski definition) is 0. The molecule has 0 fully saturated rings. The van der Waals surface area contributed by atoms with E-state index in [0.717, 1.165) is 0 Å². The highest BCUT2D eigenvalue weighted by Crippen LogP contribution is 2.32. The van der Waals surface area contributed by atoms with Crippen LogP contribution in [0.1, 0.15) is 36.2 Å². The fraction of sp³-hybridized carbons (Fsp3) is 0.333. The van der Waals surface area contributed by atoms with Crippen LogP contribution in [0.25, 0.3) is 0 Å². The Morgan fingerprint density at radius 2 is 1.95 bits per heavy atom. The minimum Gasteiger partial charge on any atom is -0.483 e. The summed E-state index contributed by atoms with van der Waals surface area (Å²) in [4.78, 5) is 22.9. The second-order valence-electron chi connectivity index (χ2n) is 4.19. The van der Waals surface area contributed by atoms with Gasteiger partial charge in [0.15, 0.2) is 12.4 Å². The highest BCUT2D eigenvalue weighted by molar-refractivity contribution is 6.63. The number of rotatable bonds is 7. The molecule has 0 N–H and O–H groups in total.